The van der Waals surface area contributed by atoms with Crippen LogP contribution in [0, 0.1) is 11.8 Å². The van der Waals surface area contributed by atoms with Gasteiger partial charge >= 0.3 is 12.1 Å². The highest BCUT2D eigenvalue weighted by molar-refractivity contribution is 6.08. The molecule has 0 saturated carbocycles. The Bertz CT molecular complexity index is 2390. The number of ether oxygens (including phenoxy) is 1. The van der Waals surface area contributed by atoms with Gasteiger partial charge in [-0.15, -0.1) is 0 Å². The van der Waals surface area contributed by atoms with E-state index in [-0.39, 0.29) is 68.6 Å². The van der Waals surface area contributed by atoms with E-state index < -0.39 is 36.0 Å². The standard InChI is InChI=1S/C50H69N13O8/c1-5-22-63(23-6-2)48(68)36-26-34-11-12-35(27-40(34)60-41(51)28-36)45(65)59-38-15-16-42(57-29-38)62-24-17-33(18-25-62)44(64)54-20-21-56-50(70)71-30-32-9-13-37(14-10-32)58-46(66)39(8-7-19-55-49(53)69)61-47(67)43(52)31(3)4/h9-16,26-27,29,31,33,39,43H,5-8,17-25,28,30,52H2,1-4H3,(H2,51,60)(H,54,64)(H,56,70)(H,58,66)(H,59,65)(H,61,67)(H3,53,55,69)/t39?,43-/m0/s1. The van der Waals surface area contributed by atoms with Gasteiger partial charge in [0.05, 0.1) is 23.6 Å². The highest BCUT2D eigenvalue weighted by Crippen LogP contribution is 2.29. The molecule has 2 aliphatic rings. The van der Waals surface area contributed by atoms with E-state index in [0.717, 1.165) is 18.7 Å². The average Bonchev–Trinajstić information content (AvgIpc) is 3.52. The number of fused-ring (bicyclic) bond motifs is 1. The van der Waals surface area contributed by atoms with E-state index in [1.807, 2.05) is 30.9 Å². The minimum Gasteiger partial charge on any atom is -0.445 e. The van der Waals surface area contributed by atoms with Crippen molar-refractivity contribution in [3.63, 3.8) is 0 Å². The number of urea groups is 1. The highest BCUT2D eigenvalue weighted by Gasteiger charge is 2.27. The number of hydrogen-bond acceptors (Lipinski definition) is 13. The van der Waals surface area contributed by atoms with Gasteiger partial charge in [0, 0.05) is 80.5 Å². The molecule has 0 bridgehead atoms. The first-order valence-electron chi connectivity index (χ1n) is 24.2. The number of pyridine rings is 1. The number of piperidine rings is 1. The number of hydrogen-bond donors (Lipinski definition) is 9. The number of alkyl carbamates (subject to hydrolysis) is 1. The summed E-state index contributed by atoms with van der Waals surface area (Å²) >= 11 is 0. The maximum absolute atomic E-state index is 13.3. The summed E-state index contributed by atoms with van der Waals surface area (Å²) in [6.45, 7) is 10.8. The van der Waals surface area contributed by atoms with Gasteiger partial charge in [-0.1, -0.05) is 45.9 Å². The number of benzene rings is 2. The second-order valence-electron chi connectivity index (χ2n) is 17.9. The number of aliphatic imine (C=N–C) groups is 1. The Morgan fingerprint density at radius 2 is 1.54 bits per heavy atom. The van der Waals surface area contributed by atoms with Crippen LogP contribution in [0.4, 0.5) is 32.5 Å². The van der Waals surface area contributed by atoms with Crippen molar-refractivity contribution in [1.82, 2.24) is 31.2 Å². The molecule has 2 aliphatic heterocycles. The van der Waals surface area contributed by atoms with Crippen LogP contribution >= 0.6 is 0 Å². The zero-order chi connectivity index (χ0) is 51.5. The molecule has 3 aromatic rings. The monoisotopic (exact) mass is 980 g/mol. The van der Waals surface area contributed by atoms with E-state index in [4.69, 9.17) is 21.9 Å². The Labute approximate surface area is 414 Å². The van der Waals surface area contributed by atoms with Gasteiger partial charge in [0.15, 0.2) is 0 Å². The predicted octanol–water partition coefficient (Wildman–Crippen LogP) is 3.87. The van der Waals surface area contributed by atoms with Gasteiger partial charge < -0.3 is 63.6 Å². The lowest BCUT2D eigenvalue weighted by atomic mass is 9.96. The minimum atomic E-state index is -0.914. The first-order chi connectivity index (χ1) is 34.0. The van der Waals surface area contributed by atoms with Crippen LogP contribution in [0.3, 0.4) is 0 Å². The van der Waals surface area contributed by atoms with Crippen LogP contribution in [0.1, 0.15) is 94.1 Å². The largest absolute Gasteiger partial charge is 0.445 e. The van der Waals surface area contributed by atoms with Crippen molar-refractivity contribution >= 4 is 76.5 Å². The van der Waals surface area contributed by atoms with E-state index >= 15 is 0 Å². The molecule has 1 unspecified atom stereocenters. The zero-order valence-corrected chi connectivity index (χ0v) is 41.1. The number of nitrogens with one attached hydrogen (secondary N) is 6. The van der Waals surface area contributed by atoms with Gasteiger partial charge in [-0.05, 0) is 92.5 Å². The molecule has 2 atom stereocenters. The molecule has 1 aromatic heterocycles. The number of carbonyl (C=O) groups is 7. The Kier molecular flexibility index (Phi) is 20.7. The smallest absolute Gasteiger partial charge is 0.407 e. The topological polar surface area (TPSA) is 311 Å². The van der Waals surface area contributed by atoms with Gasteiger partial charge in [-0.2, -0.15) is 0 Å². The molecule has 5 rings (SSSR count). The first kappa shape index (κ1) is 54.4. The molecule has 12 N–H and O–H groups in total. The van der Waals surface area contributed by atoms with E-state index in [0.29, 0.717) is 90.6 Å². The Hall–Kier alpha value is -7.55. The Morgan fingerprint density at radius 3 is 2.18 bits per heavy atom. The number of anilines is 3. The summed E-state index contributed by atoms with van der Waals surface area (Å²) < 4.78 is 5.32. The maximum atomic E-state index is 13.3. The fourth-order valence-corrected chi connectivity index (χ4v) is 7.91. The molecule has 21 nitrogen and oxygen atoms in total. The minimum absolute atomic E-state index is 0.0421. The number of carbonyl (C=O) groups excluding carboxylic acids is 7. The van der Waals surface area contributed by atoms with Crippen LogP contribution in [-0.2, 0) is 30.5 Å². The van der Waals surface area contributed by atoms with Crippen LogP contribution in [0.2, 0.25) is 0 Å². The Morgan fingerprint density at radius 1 is 0.845 bits per heavy atom. The van der Waals surface area contributed by atoms with Crippen LogP contribution < -0.4 is 54.0 Å². The second-order valence-corrected chi connectivity index (χ2v) is 17.9. The van der Waals surface area contributed by atoms with Crippen LogP contribution in [0.5, 0.6) is 0 Å². The SMILES string of the molecule is CCCN(CCC)C(=O)C1=Cc2ccc(C(=O)Nc3ccc(N4CCC(C(=O)NCCNC(=O)OCc5ccc(NC(=O)C(CCCNC(N)=O)NC(=O)[C@@H](N)C(C)C)cc5)CC4)nc3)cc2N=C(N)C1. The molecule has 382 valence electrons. The molecule has 1 fully saturated rings. The second kappa shape index (κ2) is 27.0. The van der Waals surface area contributed by atoms with Crippen LogP contribution in [-0.4, -0.2) is 115 Å². The fourth-order valence-electron chi connectivity index (χ4n) is 7.91. The molecule has 21 heteroatoms. The van der Waals surface area contributed by atoms with Gasteiger partial charge in [0.25, 0.3) is 5.91 Å². The summed E-state index contributed by atoms with van der Waals surface area (Å²) in [5, 5.41) is 16.3. The number of primary amides is 1. The number of nitrogens with two attached hydrogens (primary N) is 3. The molecule has 3 heterocycles. The number of aromatic nitrogens is 1. The molecule has 0 spiro atoms. The van der Waals surface area contributed by atoms with Crippen molar-refractivity contribution in [2.24, 2.45) is 34.0 Å². The third kappa shape index (κ3) is 16.8. The normalized spacial score (nSPS) is 14.3. The van der Waals surface area contributed by atoms with Crippen molar-refractivity contribution in [2.75, 3.05) is 61.3 Å². The molecule has 8 amide bonds. The van der Waals surface area contributed by atoms with Gasteiger partial charge in [0.2, 0.25) is 23.6 Å². The summed E-state index contributed by atoms with van der Waals surface area (Å²) in [4.78, 5) is 102. The van der Waals surface area contributed by atoms with E-state index in [1.54, 1.807) is 68.6 Å². The third-order valence-electron chi connectivity index (χ3n) is 11.9. The molecule has 2 aromatic carbocycles. The summed E-state index contributed by atoms with van der Waals surface area (Å²) in [6, 6.07) is 13.0. The van der Waals surface area contributed by atoms with E-state index in [1.165, 1.54) is 0 Å². The quantitative estimate of drug-likeness (QED) is 0.0612. The number of rotatable bonds is 23. The predicted molar refractivity (Wildman–Crippen MR) is 272 cm³/mol. The van der Waals surface area contributed by atoms with Crippen LogP contribution in [0.25, 0.3) is 6.08 Å². The highest BCUT2D eigenvalue weighted by atomic mass is 16.5. The Balaban J connectivity index is 0.994. The lowest BCUT2D eigenvalue weighted by Crippen LogP contribution is -2.51. The summed E-state index contributed by atoms with van der Waals surface area (Å²) in [6.07, 6.45) is 6.48. The van der Waals surface area contributed by atoms with Crippen molar-refractivity contribution in [2.45, 2.75) is 91.3 Å². The van der Waals surface area contributed by atoms with Crippen LogP contribution in [0.15, 0.2) is 71.4 Å². The first-order valence-corrected chi connectivity index (χ1v) is 24.2. The third-order valence-corrected chi connectivity index (χ3v) is 11.9. The number of nitrogens with zero attached hydrogens (tertiary/aromatic N) is 4. The van der Waals surface area contributed by atoms with Gasteiger partial charge in [0.1, 0.15) is 24.3 Å². The summed E-state index contributed by atoms with van der Waals surface area (Å²) in [7, 11) is 0. The maximum Gasteiger partial charge on any atom is 0.407 e. The van der Waals surface area contributed by atoms with E-state index in [2.05, 4.69) is 46.8 Å². The van der Waals surface area contributed by atoms with E-state index in [9.17, 15) is 33.6 Å². The summed E-state index contributed by atoms with van der Waals surface area (Å²) in [5.74, 6) is -0.770. The molecule has 0 radical (unpaired) electrons. The van der Waals surface area contributed by atoms with Gasteiger partial charge in [-0.25, -0.2) is 19.6 Å². The molecule has 1 saturated heterocycles. The molecule has 71 heavy (non-hydrogen) atoms. The molecule has 0 aliphatic carbocycles. The molecular formula is C50H69N13O8. The average molecular weight is 980 g/mol. The van der Waals surface area contributed by atoms with Crippen molar-refractivity contribution in [1.29, 1.82) is 0 Å². The number of amidine groups is 1. The lowest BCUT2D eigenvalue weighted by molar-refractivity contribution is -0.128. The summed E-state index contributed by atoms with van der Waals surface area (Å²) in [5.41, 5.74) is 21.1. The van der Waals surface area contributed by atoms with Crippen molar-refractivity contribution in [3.8, 4) is 0 Å². The fraction of sp³-hybridized carbons (Fsp3) is 0.460. The van der Waals surface area contributed by atoms with Crippen molar-refractivity contribution in [3.05, 3.63) is 83.1 Å². The zero-order valence-electron chi connectivity index (χ0n) is 41.1. The van der Waals surface area contributed by atoms with Gasteiger partial charge in [-0.3, -0.25) is 24.0 Å². The molecular weight excluding hydrogens is 911 g/mol. The lowest BCUT2D eigenvalue weighted by Gasteiger charge is -2.32. The van der Waals surface area contributed by atoms with Crippen molar-refractivity contribution < 1.29 is 38.3 Å². The number of amides is 8.